The summed E-state index contributed by atoms with van der Waals surface area (Å²) >= 11 is 0. The molecular weight excluding hydrogens is 288 g/mol. The van der Waals surface area contributed by atoms with Crippen LogP contribution in [0, 0.1) is 10.1 Å². The highest BCUT2D eigenvalue weighted by Crippen LogP contribution is 2.13. The van der Waals surface area contributed by atoms with E-state index < -0.39 is 16.9 Å². The van der Waals surface area contributed by atoms with E-state index >= 15 is 0 Å². The summed E-state index contributed by atoms with van der Waals surface area (Å²) in [6.07, 6.45) is 2.04. The monoisotopic (exact) mass is 304 g/mol. The smallest absolute Gasteiger partial charge is 0.320 e. The molecule has 116 valence electrons. The van der Waals surface area contributed by atoms with Crippen LogP contribution in [0.15, 0.2) is 48.7 Å². The summed E-state index contributed by atoms with van der Waals surface area (Å²) in [5, 5.41) is 19.1. The maximum Gasteiger partial charge on any atom is 0.320 e. The molecule has 0 radical (unpaired) electrons. The average Bonchev–Trinajstić information content (AvgIpc) is 2.46. The number of nitrogens with two attached hydrogens (primary N) is 1. The van der Waals surface area contributed by atoms with Gasteiger partial charge >= 0.3 is 5.97 Å². The molecule has 1 unspecified atom stereocenters. The molecule has 0 saturated heterocycles. The Bertz CT molecular complexity index is 619. The molecule has 0 fully saturated rings. The van der Waals surface area contributed by atoms with Crippen LogP contribution in [0.25, 0.3) is 0 Å². The molecule has 0 aliphatic heterocycles. The van der Waals surface area contributed by atoms with Crippen molar-refractivity contribution in [3.63, 3.8) is 0 Å². The maximum atomic E-state index is 12.0. The van der Waals surface area contributed by atoms with Crippen molar-refractivity contribution in [3.05, 3.63) is 69.9 Å². The molecular formula is C15H16N2O5. The van der Waals surface area contributed by atoms with Gasteiger partial charge in [-0.1, -0.05) is 36.9 Å². The number of carboxylic acid groups (broad SMARTS) is 1. The number of rotatable bonds is 8. The standard InChI is InChI=1S/C15H16N2O5/c1-2-10(9-17(21)22)8-14(18)12-5-3-11(4-6-12)7-13(16)15(19)20/h2-6,9,13H,1,7-8,16H2,(H,19,20)/b10-9-. The fourth-order valence-corrected chi connectivity index (χ4v) is 1.76. The van der Waals surface area contributed by atoms with Gasteiger partial charge in [0.25, 0.3) is 0 Å². The van der Waals surface area contributed by atoms with Gasteiger partial charge in [-0.25, -0.2) is 0 Å². The molecule has 0 amide bonds. The Morgan fingerprint density at radius 1 is 1.36 bits per heavy atom. The van der Waals surface area contributed by atoms with Crippen LogP contribution in [-0.4, -0.2) is 27.8 Å². The lowest BCUT2D eigenvalue weighted by Gasteiger charge is -2.07. The van der Waals surface area contributed by atoms with Gasteiger partial charge in [0.05, 0.1) is 4.92 Å². The van der Waals surface area contributed by atoms with Gasteiger partial charge in [0.1, 0.15) is 6.04 Å². The van der Waals surface area contributed by atoms with Crippen molar-refractivity contribution in [2.75, 3.05) is 0 Å². The number of nitrogens with zero attached hydrogens (tertiary/aromatic N) is 1. The molecule has 0 bridgehead atoms. The average molecular weight is 304 g/mol. The molecule has 1 aromatic rings. The van der Waals surface area contributed by atoms with Crippen LogP contribution in [0.5, 0.6) is 0 Å². The number of carbonyl (C=O) groups is 2. The molecule has 1 aromatic carbocycles. The van der Waals surface area contributed by atoms with E-state index in [-0.39, 0.29) is 24.2 Å². The zero-order valence-electron chi connectivity index (χ0n) is 11.8. The van der Waals surface area contributed by atoms with Crippen molar-refractivity contribution < 1.29 is 19.6 Å². The van der Waals surface area contributed by atoms with Crippen molar-refractivity contribution in [1.29, 1.82) is 0 Å². The van der Waals surface area contributed by atoms with E-state index in [1.165, 1.54) is 6.08 Å². The first-order chi connectivity index (χ1) is 10.3. The van der Waals surface area contributed by atoms with Crippen molar-refractivity contribution in [3.8, 4) is 0 Å². The van der Waals surface area contributed by atoms with E-state index in [1.54, 1.807) is 24.3 Å². The topological polar surface area (TPSA) is 124 Å². The van der Waals surface area contributed by atoms with Gasteiger partial charge in [0, 0.05) is 17.6 Å². The van der Waals surface area contributed by atoms with Crippen molar-refractivity contribution in [2.24, 2.45) is 5.73 Å². The van der Waals surface area contributed by atoms with E-state index in [0.717, 1.165) is 6.20 Å². The highest BCUT2D eigenvalue weighted by Gasteiger charge is 2.13. The second-order valence-electron chi connectivity index (χ2n) is 4.64. The second kappa shape index (κ2) is 7.84. The number of hydrogen-bond donors (Lipinski definition) is 2. The van der Waals surface area contributed by atoms with Crippen LogP contribution in [0.4, 0.5) is 0 Å². The maximum absolute atomic E-state index is 12.0. The highest BCUT2D eigenvalue weighted by atomic mass is 16.6. The van der Waals surface area contributed by atoms with Crippen molar-refractivity contribution in [2.45, 2.75) is 18.9 Å². The molecule has 0 aromatic heterocycles. The third-order valence-electron chi connectivity index (χ3n) is 2.95. The zero-order valence-corrected chi connectivity index (χ0v) is 11.8. The molecule has 1 rings (SSSR count). The van der Waals surface area contributed by atoms with Gasteiger partial charge in [-0.2, -0.15) is 0 Å². The second-order valence-corrected chi connectivity index (χ2v) is 4.64. The highest BCUT2D eigenvalue weighted by molar-refractivity contribution is 5.97. The number of carbonyl (C=O) groups excluding carboxylic acids is 1. The van der Waals surface area contributed by atoms with Gasteiger partial charge in [-0.3, -0.25) is 19.7 Å². The predicted octanol–water partition coefficient (Wildman–Crippen LogP) is 1.56. The molecule has 7 nitrogen and oxygen atoms in total. The largest absolute Gasteiger partial charge is 0.480 e. The summed E-state index contributed by atoms with van der Waals surface area (Å²) in [5.41, 5.74) is 6.71. The third kappa shape index (κ3) is 5.29. The Balaban J connectivity index is 2.77. The van der Waals surface area contributed by atoms with Crippen LogP contribution in [0.3, 0.4) is 0 Å². The lowest BCUT2D eigenvalue weighted by molar-refractivity contribution is -0.403. The molecule has 0 aliphatic rings. The van der Waals surface area contributed by atoms with Gasteiger partial charge < -0.3 is 10.8 Å². The fraction of sp³-hybridized carbons (Fsp3) is 0.200. The Kier molecular flexibility index (Phi) is 6.15. The minimum Gasteiger partial charge on any atom is -0.480 e. The van der Waals surface area contributed by atoms with E-state index in [2.05, 4.69) is 6.58 Å². The van der Waals surface area contributed by atoms with Gasteiger partial charge in [0.15, 0.2) is 5.78 Å². The number of allylic oxidation sites excluding steroid dienone is 2. The molecule has 7 heteroatoms. The zero-order chi connectivity index (χ0) is 16.7. The number of carboxylic acids is 1. The van der Waals surface area contributed by atoms with E-state index in [9.17, 15) is 19.7 Å². The van der Waals surface area contributed by atoms with Crippen molar-refractivity contribution >= 4 is 11.8 Å². The summed E-state index contributed by atoms with van der Waals surface area (Å²) in [6, 6.07) is 5.30. The molecule has 22 heavy (non-hydrogen) atoms. The first-order valence-electron chi connectivity index (χ1n) is 6.40. The number of aliphatic carboxylic acids is 1. The molecule has 0 saturated carbocycles. The molecule has 0 aliphatic carbocycles. The summed E-state index contributed by atoms with van der Waals surface area (Å²) in [7, 11) is 0. The van der Waals surface area contributed by atoms with Gasteiger partial charge in [-0.15, -0.1) is 0 Å². The van der Waals surface area contributed by atoms with E-state index in [0.29, 0.717) is 11.1 Å². The van der Waals surface area contributed by atoms with Gasteiger partial charge in [0.2, 0.25) is 6.20 Å². The SMILES string of the molecule is C=C/C(=C/[N+](=O)[O-])CC(=O)c1ccc(CC(N)C(=O)O)cc1. The number of hydrogen-bond acceptors (Lipinski definition) is 5. The number of benzene rings is 1. The first-order valence-corrected chi connectivity index (χ1v) is 6.40. The third-order valence-corrected chi connectivity index (χ3v) is 2.95. The number of ketones is 1. The van der Waals surface area contributed by atoms with Crippen molar-refractivity contribution in [1.82, 2.24) is 0 Å². The van der Waals surface area contributed by atoms with Crippen LogP contribution < -0.4 is 5.73 Å². The van der Waals surface area contributed by atoms with Crippen LogP contribution in [-0.2, 0) is 11.2 Å². The Labute approximate surface area is 126 Å². The summed E-state index contributed by atoms with van der Waals surface area (Å²) in [5.74, 6) is -1.39. The molecule has 3 N–H and O–H groups in total. The van der Waals surface area contributed by atoms with Crippen LogP contribution in [0.2, 0.25) is 0 Å². The normalized spacial score (nSPS) is 12.5. The first kappa shape index (κ1) is 17.3. The quantitative estimate of drug-likeness (QED) is 0.325. The molecule has 0 heterocycles. The van der Waals surface area contributed by atoms with Crippen LogP contribution >= 0.6 is 0 Å². The van der Waals surface area contributed by atoms with Gasteiger partial charge in [-0.05, 0) is 12.0 Å². The predicted molar refractivity (Wildman–Crippen MR) is 80.0 cm³/mol. The number of nitro groups is 1. The Hall–Kier alpha value is -2.80. The Morgan fingerprint density at radius 2 is 1.95 bits per heavy atom. The lowest BCUT2D eigenvalue weighted by Crippen LogP contribution is -2.32. The number of Topliss-reactive ketones (excluding diaryl/α,β-unsaturated/α-hetero) is 1. The van der Waals surface area contributed by atoms with E-state index in [1.807, 2.05) is 0 Å². The molecule has 0 spiro atoms. The molecule has 1 atom stereocenters. The minimum atomic E-state index is -1.10. The minimum absolute atomic E-state index is 0.127. The Morgan fingerprint density at radius 3 is 2.41 bits per heavy atom. The fourth-order valence-electron chi connectivity index (χ4n) is 1.76. The summed E-state index contributed by atoms with van der Waals surface area (Å²) in [6.45, 7) is 3.43. The van der Waals surface area contributed by atoms with Crippen LogP contribution in [0.1, 0.15) is 22.3 Å². The van der Waals surface area contributed by atoms with E-state index in [4.69, 9.17) is 10.8 Å². The summed E-state index contributed by atoms with van der Waals surface area (Å²) in [4.78, 5) is 32.4. The summed E-state index contributed by atoms with van der Waals surface area (Å²) < 4.78 is 0. The lowest BCUT2D eigenvalue weighted by atomic mass is 10.00.